The molecule has 7 nitrogen and oxygen atoms in total. The summed E-state index contributed by atoms with van der Waals surface area (Å²) in [7, 11) is 0. The molecule has 0 aliphatic carbocycles. The molecular formula is C15H17N3O4. The second kappa shape index (κ2) is 5.64. The standard InChI is InChI=1S/C15H17N3O4/c1-4-22-13(19)11-5-10(6-16)12(17-9(11)2)18-7-15(3,8-18)14(20)21/h5H,4,7-8H2,1-3H3,(H,20,21). The summed E-state index contributed by atoms with van der Waals surface area (Å²) in [4.78, 5) is 29.0. The van der Waals surface area contributed by atoms with E-state index in [1.807, 2.05) is 6.07 Å². The van der Waals surface area contributed by atoms with Gasteiger partial charge in [0, 0.05) is 13.1 Å². The summed E-state index contributed by atoms with van der Waals surface area (Å²) >= 11 is 0. The fourth-order valence-electron chi connectivity index (χ4n) is 2.41. The molecule has 1 aliphatic heterocycles. The van der Waals surface area contributed by atoms with Gasteiger partial charge in [-0.2, -0.15) is 5.26 Å². The first kappa shape index (κ1) is 15.8. The average Bonchev–Trinajstić information content (AvgIpc) is 2.43. The topological polar surface area (TPSA) is 104 Å². The van der Waals surface area contributed by atoms with Gasteiger partial charge in [0.05, 0.1) is 28.8 Å². The Morgan fingerprint density at radius 3 is 2.68 bits per heavy atom. The molecule has 0 amide bonds. The molecule has 7 heteroatoms. The number of carboxylic acid groups (broad SMARTS) is 1. The minimum absolute atomic E-state index is 0.237. The van der Waals surface area contributed by atoms with Gasteiger partial charge >= 0.3 is 11.9 Å². The van der Waals surface area contributed by atoms with E-state index >= 15 is 0 Å². The number of aryl methyl sites for hydroxylation is 1. The van der Waals surface area contributed by atoms with Crippen molar-refractivity contribution in [3.8, 4) is 6.07 Å². The minimum Gasteiger partial charge on any atom is -0.481 e. The second-order valence-corrected chi connectivity index (χ2v) is 5.55. The molecule has 0 spiro atoms. The Morgan fingerprint density at radius 2 is 2.18 bits per heavy atom. The number of esters is 1. The van der Waals surface area contributed by atoms with Crippen LogP contribution in [0.25, 0.3) is 0 Å². The van der Waals surface area contributed by atoms with Crippen molar-refractivity contribution in [2.24, 2.45) is 5.41 Å². The molecule has 0 bridgehead atoms. The summed E-state index contributed by atoms with van der Waals surface area (Å²) in [6.45, 7) is 5.81. The fraction of sp³-hybridized carbons (Fsp3) is 0.467. The van der Waals surface area contributed by atoms with Crippen LogP contribution < -0.4 is 4.90 Å². The van der Waals surface area contributed by atoms with Crippen molar-refractivity contribution in [2.45, 2.75) is 20.8 Å². The van der Waals surface area contributed by atoms with E-state index in [1.54, 1.807) is 25.7 Å². The number of hydrogen-bond acceptors (Lipinski definition) is 6. The zero-order valence-electron chi connectivity index (χ0n) is 12.7. The predicted octanol–water partition coefficient (Wildman–Crippen LogP) is 1.35. The molecule has 1 N–H and O–H groups in total. The van der Waals surface area contributed by atoms with Crippen LogP contribution in [0.2, 0.25) is 0 Å². The van der Waals surface area contributed by atoms with Crippen molar-refractivity contribution in [1.29, 1.82) is 5.26 Å². The number of aromatic nitrogens is 1. The summed E-state index contributed by atoms with van der Waals surface area (Å²) in [6.07, 6.45) is 0. The number of rotatable bonds is 4. The van der Waals surface area contributed by atoms with Crippen LogP contribution in [0.15, 0.2) is 6.07 Å². The molecular weight excluding hydrogens is 286 g/mol. The van der Waals surface area contributed by atoms with E-state index in [4.69, 9.17) is 9.84 Å². The van der Waals surface area contributed by atoms with E-state index in [9.17, 15) is 14.9 Å². The van der Waals surface area contributed by atoms with E-state index in [1.165, 1.54) is 6.07 Å². The van der Waals surface area contributed by atoms with Crippen molar-refractivity contribution < 1.29 is 19.4 Å². The van der Waals surface area contributed by atoms with E-state index in [2.05, 4.69) is 4.98 Å². The predicted molar refractivity (Wildman–Crippen MR) is 77.6 cm³/mol. The maximum absolute atomic E-state index is 11.8. The largest absolute Gasteiger partial charge is 0.481 e. The Bertz CT molecular complexity index is 672. The van der Waals surface area contributed by atoms with Crippen LogP contribution in [0, 0.1) is 23.7 Å². The lowest BCUT2D eigenvalue weighted by atomic mass is 9.82. The quantitative estimate of drug-likeness (QED) is 0.837. The number of aliphatic carboxylic acids is 1. The molecule has 1 fully saturated rings. The SMILES string of the molecule is CCOC(=O)c1cc(C#N)c(N2CC(C)(C(=O)O)C2)nc1C. The van der Waals surface area contributed by atoms with Crippen molar-refractivity contribution in [3.05, 3.63) is 22.9 Å². The first-order valence-corrected chi connectivity index (χ1v) is 6.89. The summed E-state index contributed by atoms with van der Waals surface area (Å²) in [5, 5.41) is 18.4. The first-order chi connectivity index (χ1) is 10.3. The van der Waals surface area contributed by atoms with Gasteiger partial charge in [0.1, 0.15) is 11.9 Å². The number of ether oxygens (including phenoxy) is 1. The summed E-state index contributed by atoms with van der Waals surface area (Å²) < 4.78 is 4.93. The van der Waals surface area contributed by atoms with E-state index in [0.29, 0.717) is 11.5 Å². The zero-order valence-corrected chi connectivity index (χ0v) is 12.7. The van der Waals surface area contributed by atoms with Crippen molar-refractivity contribution in [1.82, 2.24) is 4.98 Å². The van der Waals surface area contributed by atoms with Crippen molar-refractivity contribution in [3.63, 3.8) is 0 Å². The molecule has 116 valence electrons. The monoisotopic (exact) mass is 303 g/mol. The smallest absolute Gasteiger partial charge is 0.340 e. The number of pyridine rings is 1. The lowest BCUT2D eigenvalue weighted by molar-refractivity contribution is -0.149. The van der Waals surface area contributed by atoms with Gasteiger partial charge in [-0.1, -0.05) is 0 Å². The van der Waals surface area contributed by atoms with Gasteiger partial charge in [-0.25, -0.2) is 9.78 Å². The van der Waals surface area contributed by atoms with Crippen LogP contribution >= 0.6 is 0 Å². The number of nitrogens with zero attached hydrogens (tertiary/aromatic N) is 3. The van der Waals surface area contributed by atoms with Crippen LogP contribution in [0.1, 0.15) is 35.5 Å². The van der Waals surface area contributed by atoms with Crippen LogP contribution in [-0.4, -0.2) is 41.7 Å². The molecule has 0 atom stereocenters. The third kappa shape index (κ3) is 2.60. The highest BCUT2D eigenvalue weighted by Crippen LogP contribution is 2.35. The second-order valence-electron chi connectivity index (χ2n) is 5.55. The molecule has 1 saturated heterocycles. The highest BCUT2D eigenvalue weighted by molar-refractivity contribution is 5.91. The third-order valence-corrected chi connectivity index (χ3v) is 3.70. The van der Waals surface area contributed by atoms with Gasteiger partial charge in [0.25, 0.3) is 0 Å². The summed E-state index contributed by atoms with van der Waals surface area (Å²) in [5.41, 5.74) is 0.114. The van der Waals surface area contributed by atoms with Crippen LogP contribution in [-0.2, 0) is 9.53 Å². The van der Waals surface area contributed by atoms with E-state index < -0.39 is 17.4 Å². The summed E-state index contributed by atoms with van der Waals surface area (Å²) in [6, 6.07) is 3.46. The molecule has 2 heterocycles. The number of anilines is 1. The highest BCUT2D eigenvalue weighted by atomic mass is 16.5. The number of carboxylic acids is 1. The van der Waals surface area contributed by atoms with E-state index in [0.717, 1.165) is 0 Å². The van der Waals surface area contributed by atoms with E-state index in [-0.39, 0.29) is 30.8 Å². The maximum atomic E-state index is 11.8. The Morgan fingerprint density at radius 1 is 1.55 bits per heavy atom. The normalized spacial score (nSPS) is 15.6. The van der Waals surface area contributed by atoms with Crippen molar-refractivity contribution in [2.75, 3.05) is 24.6 Å². The number of nitriles is 1. The average molecular weight is 303 g/mol. The molecule has 1 aromatic rings. The molecule has 2 rings (SSSR count). The van der Waals surface area contributed by atoms with Crippen LogP contribution in [0.3, 0.4) is 0 Å². The first-order valence-electron chi connectivity index (χ1n) is 6.89. The van der Waals surface area contributed by atoms with Gasteiger partial charge in [-0.05, 0) is 26.8 Å². The molecule has 0 unspecified atom stereocenters. The van der Waals surface area contributed by atoms with Gasteiger partial charge < -0.3 is 14.7 Å². The number of hydrogen-bond donors (Lipinski definition) is 1. The molecule has 1 aromatic heterocycles. The zero-order chi connectivity index (χ0) is 16.5. The van der Waals surface area contributed by atoms with Gasteiger partial charge in [-0.3, -0.25) is 4.79 Å². The molecule has 0 saturated carbocycles. The number of carbonyl (C=O) groups excluding carboxylic acids is 1. The number of carbonyl (C=O) groups is 2. The Balaban J connectivity index is 2.32. The van der Waals surface area contributed by atoms with Crippen LogP contribution in [0.4, 0.5) is 5.82 Å². The molecule has 0 radical (unpaired) electrons. The van der Waals surface area contributed by atoms with Crippen molar-refractivity contribution >= 4 is 17.8 Å². The Kier molecular flexibility index (Phi) is 4.04. The van der Waals surface area contributed by atoms with Gasteiger partial charge in [-0.15, -0.1) is 0 Å². The molecule has 1 aliphatic rings. The lowest BCUT2D eigenvalue weighted by Gasteiger charge is -2.45. The van der Waals surface area contributed by atoms with Gasteiger partial charge in [0.15, 0.2) is 0 Å². The molecule has 0 aromatic carbocycles. The van der Waals surface area contributed by atoms with Crippen LogP contribution in [0.5, 0.6) is 0 Å². The molecule has 22 heavy (non-hydrogen) atoms. The Labute approximate surface area is 128 Å². The lowest BCUT2D eigenvalue weighted by Crippen LogP contribution is -2.59. The summed E-state index contributed by atoms with van der Waals surface area (Å²) in [5.74, 6) is -0.983. The fourth-order valence-corrected chi connectivity index (χ4v) is 2.41. The maximum Gasteiger partial charge on any atom is 0.340 e. The van der Waals surface area contributed by atoms with Gasteiger partial charge in [0.2, 0.25) is 0 Å². The highest BCUT2D eigenvalue weighted by Gasteiger charge is 2.46. The minimum atomic E-state index is -0.873. The Hall–Kier alpha value is -2.62. The third-order valence-electron chi connectivity index (χ3n) is 3.70.